The molecule has 2 aliphatic heterocycles. The van der Waals surface area contributed by atoms with Crippen LogP contribution in [0.2, 0.25) is 0 Å². The Morgan fingerprint density at radius 3 is 2.50 bits per heavy atom. The van der Waals surface area contributed by atoms with E-state index >= 15 is 0 Å². The average Bonchev–Trinajstić information content (AvgIpc) is 2.58. The molecule has 0 atom stereocenters. The molecule has 2 saturated heterocycles. The minimum Gasteiger partial charge on any atom is -0.390 e. The van der Waals surface area contributed by atoms with Crippen molar-refractivity contribution in [3.63, 3.8) is 0 Å². The van der Waals surface area contributed by atoms with Gasteiger partial charge in [-0.15, -0.1) is 0 Å². The molecule has 3 heterocycles. The van der Waals surface area contributed by atoms with Gasteiger partial charge >= 0.3 is 5.95 Å². The Morgan fingerprint density at radius 2 is 1.82 bits per heavy atom. The fraction of sp³-hybridized carbons (Fsp3) is 0.714. The molecule has 5 N–H and O–H groups in total. The molecule has 8 nitrogen and oxygen atoms in total. The maximum Gasteiger partial charge on any atom is 0.349 e. The molecule has 2 fully saturated rings. The van der Waals surface area contributed by atoms with Crippen molar-refractivity contribution in [2.75, 3.05) is 67.4 Å². The van der Waals surface area contributed by atoms with E-state index in [9.17, 15) is 0 Å². The van der Waals surface area contributed by atoms with Crippen LogP contribution in [0.25, 0.3) is 0 Å². The Balaban J connectivity index is 1.93. The van der Waals surface area contributed by atoms with Gasteiger partial charge in [-0.1, -0.05) is 4.98 Å². The van der Waals surface area contributed by atoms with Crippen molar-refractivity contribution in [2.45, 2.75) is 19.3 Å². The third-order valence-corrected chi connectivity index (χ3v) is 4.18. The maximum atomic E-state index is 6.32. The van der Waals surface area contributed by atoms with E-state index in [1.54, 1.807) is 0 Å². The lowest BCUT2D eigenvalue weighted by atomic mass is 10.1. The van der Waals surface area contributed by atoms with E-state index < -0.39 is 0 Å². The van der Waals surface area contributed by atoms with Crippen molar-refractivity contribution < 1.29 is 9.72 Å². The molecule has 0 aromatic carbocycles. The predicted octanol–water partition coefficient (Wildman–Crippen LogP) is -0.149. The van der Waals surface area contributed by atoms with Gasteiger partial charge in [0.15, 0.2) is 5.69 Å². The lowest BCUT2D eigenvalue weighted by molar-refractivity contribution is -0.354. The minimum absolute atomic E-state index is 0.660. The number of hydrogen-bond donors (Lipinski definition) is 3. The fourth-order valence-corrected chi connectivity index (χ4v) is 2.98. The Labute approximate surface area is 131 Å². The van der Waals surface area contributed by atoms with Crippen LogP contribution in [0.5, 0.6) is 0 Å². The molecule has 22 heavy (non-hydrogen) atoms. The molecule has 0 radical (unpaired) electrons. The number of aromatic amines is 1. The average molecular weight is 308 g/mol. The van der Waals surface area contributed by atoms with Gasteiger partial charge in [0.25, 0.3) is 0 Å². The Morgan fingerprint density at radius 1 is 1.09 bits per heavy atom. The molecule has 0 saturated carbocycles. The Bertz CT molecular complexity index is 498. The Kier molecular flexibility index (Phi) is 4.79. The fourth-order valence-electron chi connectivity index (χ4n) is 2.98. The van der Waals surface area contributed by atoms with Gasteiger partial charge < -0.3 is 15.4 Å². The first-order valence-electron chi connectivity index (χ1n) is 8.03. The first kappa shape index (κ1) is 15.1. The van der Waals surface area contributed by atoms with E-state index in [1.807, 2.05) is 7.05 Å². The highest BCUT2D eigenvalue weighted by molar-refractivity contribution is 5.73. The highest BCUT2D eigenvalue weighted by Crippen LogP contribution is 2.28. The SMILES string of the molecule is CNNc1nc(N2CCOCC2)[nH+]c(N2CCCCC2)c1N. The highest BCUT2D eigenvalue weighted by Gasteiger charge is 2.27. The molecule has 0 bridgehead atoms. The van der Waals surface area contributed by atoms with E-state index in [1.165, 1.54) is 19.3 Å². The van der Waals surface area contributed by atoms with Crippen molar-refractivity contribution in [1.82, 2.24) is 10.4 Å². The first-order valence-corrected chi connectivity index (χ1v) is 8.03. The van der Waals surface area contributed by atoms with Gasteiger partial charge in [-0.3, -0.25) is 10.3 Å². The summed E-state index contributed by atoms with van der Waals surface area (Å²) in [5.41, 5.74) is 12.9. The Hall–Kier alpha value is -1.80. The van der Waals surface area contributed by atoms with Crippen molar-refractivity contribution >= 4 is 23.3 Å². The summed E-state index contributed by atoms with van der Waals surface area (Å²) in [6.07, 6.45) is 3.70. The normalized spacial score (nSPS) is 19.3. The molecular weight excluding hydrogens is 282 g/mol. The first-order chi connectivity index (χ1) is 10.8. The van der Waals surface area contributed by atoms with Gasteiger partial charge in [-0.05, 0) is 19.3 Å². The number of nitrogens with two attached hydrogens (primary N) is 1. The summed E-state index contributed by atoms with van der Waals surface area (Å²) >= 11 is 0. The molecule has 1 aromatic heterocycles. The van der Waals surface area contributed by atoms with Crippen LogP contribution in [-0.2, 0) is 4.74 Å². The number of nitrogens with one attached hydrogen (secondary N) is 3. The summed E-state index contributed by atoms with van der Waals surface area (Å²) in [4.78, 5) is 12.6. The van der Waals surface area contributed by atoms with Crippen LogP contribution in [-0.4, -0.2) is 51.4 Å². The summed E-state index contributed by atoms with van der Waals surface area (Å²) in [7, 11) is 1.81. The highest BCUT2D eigenvalue weighted by atomic mass is 16.5. The van der Waals surface area contributed by atoms with Crippen LogP contribution < -0.4 is 31.4 Å². The van der Waals surface area contributed by atoms with E-state index in [-0.39, 0.29) is 0 Å². The lowest BCUT2D eigenvalue weighted by Gasteiger charge is -2.28. The number of hydrogen-bond acceptors (Lipinski definition) is 7. The van der Waals surface area contributed by atoms with Gasteiger partial charge in [0, 0.05) is 7.05 Å². The molecule has 1 aromatic rings. The second kappa shape index (κ2) is 6.97. The van der Waals surface area contributed by atoms with Crippen LogP contribution in [0, 0.1) is 0 Å². The van der Waals surface area contributed by atoms with Crippen molar-refractivity contribution in [1.29, 1.82) is 0 Å². The summed E-state index contributed by atoms with van der Waals surface area (Å²) in [5, 5.41) is 0. The molecule has 3 rings (SSSR count). The molecule has 0 unspecified atom stereocenters. The second-order valence-corrected chi connectivity index (χ2v) is 5.69. The molecule has 8 heteroatoms. The number of hydrazine groups is 1. The molecule has 2 aliphatic rings. The number of ether oxygens (including phenoxy) is 1. The number of piperidine rings is 1. The monoisotopic (exact) mass is 308 g/mol. The topological polar surface area (TPSA) is 92.8 Å². The van der Waals surface area contributed by atoms with E-state index in [0.29, 0.717) is 11.5 Å². The van der Waals surface area contributed by atoms with Crippen LogP contribution in [0.1, 0.15) is 19.3 Å². The largest absolute Gasteiger partial charge is 0.390 e. The van der Waals surface area contributed by atoms with E-state index in [2.05, 4.69) is 30.6 Å². The number of rotatable bonds is 4. The van der Waals surface area contributed by atoms with Gasteiger partial charge in [-0.25, -0.2) is 10.4 Å². The van der Waals surface area contributed by atoms with E-state index in [4.69, 9.17) is 10.5 Å². The minimum atomic E-state index is 0.660. The van der Waals surface area contributed by atoms with Crippen LogP contribution in [0.4, 0.5) is 23.3 Å². The second-order valence-electron chi connectivity index (χ2n) is 5.69. The smallest absolute Gasteiger partial charge is 0.349 e. The standard InChI is InChI=1S/C14H25N7O/c1-16-19-12-11(15)13(20-5-3-2-4-6-20)18-14(17-12)21-7-9-22-10-8-21/h16H,2-10,15H2,1H3,(H,17,18,19)/p+1. The summed E-state index contributed by atoms with van der Waals surface area (Å²) < 4.78 is 5.42. The zero-order valence-electron chi connectivity index (χ0n) is 13.2. The van der Waals surface area contributed by atoms with Crippen molar-refractivity contribution in [3.8, 4) is 0 Å². The molecule has 122 valence electrons. The van der Waals surface area contributed by atoms with Crippen LogP contribution in [0.15, 0.2) is 0 Å². The zero-order valence-corrected chi connectivity index (χ0v) is 13.2. The van der Waals surface area contributed by atoms with Crippen molar-refractivity contribution in [2.24, 2.45) is 0 Å². The number of aromatic nitrogens is 2. The third-order valence-electron chi connectivity index (χ3n) is 4.18. The van der Waals surface area contributed by atoms with Gasteiger partial charge in [0.05, 0.1) is 39.4 Å². The number of nitrogens with zero attached hydrogens (tertiary/aromatic N) is 3. The van der Waals surface area contributed by atoms with Gasteiger partial charge in [0.2, 0.25) is 11.6 Å². The van der Waals surface area contributed by atoms with Crippen LogP contribution >= 0.6 is 0 Å². The lowest BCUT2D eigenvalue weighted by Crippen LogP contribution is -2.43. The number of morpholine rings is 1. The van der Waals surface area contributed by atoms with Crippen LogP contribution in [0.3, 0.4) is 0 Å². The molecule has 0 amide bonds. The summed E-state index contributed by atoms with van der Waals surface area (Å²) in [6, 6.07) is 0. The van der Waals surface area contributed by atoms with Crippen molar-refractivity contribution in [3.05, 3.63) is 0 Å². The van der Waals surface area contributed by atoms with Gasteiger partial charge in [-0.2, -0.15) is 0 Å². The quantitative estimate of drug-likeness (QED) is 0.666. The molecule has 0 spiro atoms. The number of anilines is 4. The summed E-state index contributed by atoms with van der Waals surface area (Å²) in [6.45, 7) is 5.21. The maximum absolute atomic E-state index is 6.32. The predicted molar refractivity (Wildman–Crippen MR) is 87.0 cm³/mol. The van der Waals surface area contributed by atoms with Gasteiger partial charge in [0.1, 0.15) is 0 Å². The molecule has 0 aliphatic carbocycles. The molecular formula is C14H26N7O+. The number of nitrogen functional groups attached to an aromatic ring is 1. The zero-order chi connectivity index (χ0) is 15.4. The number of H-pyrrole nitrogens is 1. The van der Waals surface area contributed by atoms with E-state index in [0.717, 1.165) is 51.2 Å². The third kappa shape index (κ3) is 3.17. The summed E-state index contributed by atoms with van der Waals surface area (Å²) in [5.74, 6) is 2.48.